The molecule has 0 saturated carbocycles. The van der Waals surface area contributed by atoms with E-state index in [2.05, 4.69) is 5.32 Å². The minimum absolute atomic E-state index is 0.126. The number of hydrogen-bond donors (Lipinski definition) is 2. The van der Waals surface area contributed by atoms with Crippen molar-refractivity contribution in [2.75, 3.05) is 24.3 Å². The molecule has 0 saturated heterocycles. The van der Waals surface area contributed by atoms with Gasteiger partial charge in [-0.05, 0) is 18.1 Å². The van der Waals surface area contributed by atoms with Gasteiger partial charge in [-0.15, -0.1) is 0 Å². The van der Waals surface area contributed by atoms with Crippen LogP contribution in [0.3, 0.4) is 0 Å². The number of nitrogens with two attached hydrogens (primary N) is 1. The van der Waals surface area contributed by atoms with E-state index in [9.17, 15) is 4.79 Å². The van der Waals surface area contributed by atoms with Crippen LogP contribution in [0.4, 0.5) is 11.4 Å². The van der Waals surface area contributed by atoms with Gasteiger partial charge in [0.1, 0.15) is 0 Å². The predicted octanol–water partition coefficient (Wildman–Crippen LogP) is 2.06. The fourth-order valence-electron chi connectivity index (χ4n) is 1.70. The molecule has 4 nitrogen and oxygen atoms in total. The summed E-state index contributed by atoms with van der Waals surface area (Å²) in [6, 6.07) is 7.22. The fraction of sp³-hybridized carbons (Fsp3) is 0.500. The smallest absolute Gasteiger partial charge is 0.241 e. The average molecular weight is 249 g/mol. The molecule has 0 radical (unpaired) electrons. The maximum Gasteiger partial charge on any atom is 0.241 e. The molecule has 0 aliphatic heterocycles. The van der Waals surface area contributed by atoms with E-state index in [1.807, 2.05) is 57.1 Å². The molecule has 0 heterocycles. The van der Waals surface area contributed by atoms with E-state index in [0.717, 1.165) is 17.8 Å². The normalized spacial score (nSPS) is 13.8. The van der Waals surface area contributed by atoms with Gasteiger partial charge in [0.25, 0.3) is 0 Å². The number of carbonyl (C=O) groups is 1. The van der Waals surface area contributed by atoms with Gasteiger partial charge >= 0.3 is 0 Å². The summed E-state index contributed by atoms with van der Waals surface area (Å²) in [7, 11) is 3.89. The molecule has 4 heteroatoms. The number of rotatable bonds is 5. The van der Waals surface area contributed by atoms with Crippen molar-refractivity contribution in [3.63, 3.8) is 0 Å². The first kappa shape index (κ1) is 14.5. The van der Waals surface area contributed by atoms with Crippen molar-refractivity contribution in [2.45, 2.75) is 26.3 Å². The standard InChI is InChI=1S/C14H23N3O/c1-5-10(2)13(15)14(18)16-11-8-6-7-9-12(11)17(3)4/h6-10,13H,5,15H2,1-4H3,(H,16,18). The van der Waals surface area contributed by atoms with E-state index in [1.54, 1.807) is 0 Å². The fourth-order valence-corrected chi connectivity index (χ4v) is 1.70. The van der Waals surface area contributed by atoms with E-state index < -0.39 is 6.04 Å². The first-order chi connectivity index (χ1) is 8.47. The monoisotopic (exact) mass is 249 g/mol. The first-order valence-corrected chi connectivity index (χ1v) is 6.30. The van der Waals surface area contributed by atoms with Crippen LogP contribution in [0.5, 0.6) is 0 Å². The number of anilines is 2. The maximum atomic E-state index is 12.0. The zero-order valence-electron chi connectivity index (χ0n) is 11.6. The largest absolute Gasteiger partial charge is 0.376 e. The van der Waals surface area contributed by atoms with Gasteiger partial charge in [0.2, 0.25) is 5.91 Å². The minimum atomic E-state index is -0.467. The second kappa shape index (κ2) is 6.40. The Hall–Kier alpha value is -1.55. The highest BCUT2D eigenvalue weighted by Gasteiger charge is 2.20. The van der Waals surface area contributed by atoms with Crippen molar-refractivity contribution in [1.82, 2.24) is 0 Å². The van der Waals surface area contributed by atoms with E-state index in [4.69, 9.17) is 5.73 Å². The molecule has 2 unspecified atom stereocenters. The third-order valence-electron chi connectivity index (χ3n) is 3.20. The second-order valence-corrected chi connectivity index (χ2v) is 4.81. The molecule has 0 aromatic heterocycles. The Balaban J connectivity index is 2.82. The van der Waals surface area contributed by atoms with Gasteiger partial charge in [0.15, 0.2) is 0 Å². The topological polar surface area (TPSA) is 58.4 Å². The number of carbonyl (C=O) groups excluding carboxylic acids is 1. The lowest BCUT2D eigenvalue weighted by molar-refractivity contribution is -0.118. The molecule has 3 N–H and O–H groups in total. The lowest BCUT2D eigenvalue weighted by Crippen LogP contribution is -2.40. The molecule has 100 valence electrons. The van der Waals surface area contributed by atoms with Crippen LogP contribution >= 0.6 is 0 Å². The average Bonchev–Trinajstić information content (AvgIpc) is 2.37. The van der Waals surface area contributed by atoms with Crippen molar-refractivity contribution < 1.29 is 4.79 Å². The third kappa shape index (κ3) is 3.47. The third-order valence-corrected chi connectivity index (χ3v) is 3.20. The van der Waals surface area contributed by atoms with Crippen LogP contribution in [0.15, 0.2) is 24.3 Å². The molecule has 1 rings (SSSR count). The van der Waals surface area contributed by atoms with E-state index in [0.29, 0.717) is 0 Å². The summed E-state index contributed by atoms with van der Waals surface area (Å²) in [5.74, 6) is 0.0511. The lowest BCUT2D eigenvalue weighted by atomic mass is 9.99. The number of amides is 1. The second-order valence-electron chi connectivity index (χ2n) is 4.81. The Kier molecular flexibility index (Phi) is 5.16. The van der Waals surface area contributed by atoms with E-state index >= 15 is 0 Å². The number of nitrogens with one attached hydrogen (secondary N) is 1. The molecular weight excluding hydrogens is 226 g/mol. The van der Waals surface area contributed by atoms with Gasteiger partial charge in [0.05, 0.1) is 17.4 Å². The van der Waals surface area contributed by atoms with Crippen molar-refractivity contribution >= 4 is 17.3 Å². The molecule has 1 amide bonds. The molecule has 0 aliphatic rings. The Morgan fingerprint density at radius 1 is 1.39 bits per heavy atom. The van der Waals surface area contributed by atoms with Gasteiger partial charge in [-0.2, -0.15) is 0 Å². The van der Waals surface area contributed by atoms with Crippen molar-refractivity contribution in [2.24, 2.45) is 11.7 Å². The first-order valence-electron chi connectivity index (χ1n) is 6.30. The number of benzene rings is 1. The molecule has 18 heavy (non-hydrogen) atoms. The van der Waals surface area contributed by atoms with E-state index in [1.165, 1.54) is 0 Å². The number of nitrogens with zero attached hydrogens (tertiary/aromatic N) is 1. The van der Waals surface area contributed by atoms with Crippen LogP contribution < -0.4 is 16.0 Å². The molecule has 1 aromatic rings. The van der Waals surface area contributed by atoms with Crippen LogP contribution in [0, 0.1) is 5.92 Å². The Bertz CT molecular complexity index is 404. The van der Waals surface area contributed by atoms with Gasteiger partial charge in [0, 0.05) is 14.1 Å². The lowest BCUT2D eigenvalue weighted by Gasteiger charge is -2.21. The number of hydrogen-bond acceptors (Lipinski definition) is 3. The van der Waals surface area contributed by atoms with Crippen molar-refractivity contribution in [3.05, 3.63) is 24.3 Å². The highest BCUT2D eigenvalue weighted by atomic mass is 16.2. The van der Waals surface area contributed by atoms with Gasteiger partial charge in [-0.25, -0.2) is 0 Å². The quantitative estimate of drug-likeness (QED) is 0.840. The van der Waals surface area contributed by atoms with Gasteiger partial charge < -0.3 is 16.0 Å². The minimum Gasteiger partial charge on any atom is -0.376 e. The van der Waals surface area contributed by atoms with E-state index in [-0.39, 0.29) is 11.8 Å². The van der Waals surface area contributed by atoms with Gasteiger partial charge in [-0.1, -0.05) is 32.4 Å². The van der Waals surface area contributed by atoms with Gasteiger partial charge in [-0.3, -0.25) is 4.79 Å². The van der Waals surface area contributed by atoms with Crippen molar-refractivity contribution in [1.29, 1.82) is 0 Å². The molecule has 2 atom stereocenters. The summed E-state index contributed by atoms with van der Waals surface area (Å²) in [5, 5.41) is 2.90. The molecule has 1 aromatic carbocycles. The van der Waals surface area contributed by atoms with Crippen molar-refractivity contribution in [3.8, 4) is 0 Å². The van der Waals surface area contributed by atoms with Crippen LogP contribution in [0.1, 0.15) is 20.3 Å². The highest BCUT2D eigenvalue weighted by Crippen LogP contribution is 2.23. The molecule has 0 spiro atoms. The zero-order chi connectivity index (χ0) is 13.7. The summed E-state index contributed by atoms with van der Waals surface area (Å²) in [6.45, 7) is 4.02. The Labute approximate surface area is 109 Å². The summed E-state index contributed by atoms with van der Waals surface area (Å²) < 4.78 is 0. The SMILES string of the molecule is CCC(C)C(N)C(=O)Nc1ccccc1N(C)C. The van der Waals surface area contributed by atoms with Crippen LogP contribution in [-0.2, 0) is 4.79 Å². The highest BCUT2D eigenvalue weighted by molar-refractivity contribution is 5.97. The summed E-state index contributed by atoms with van der Waals surface area (Å²) >= 11 is 0. The molecule has 0 fully saturated rings. The Morgan fingerprint density at radius 3 is 2.56 bits per heavy atom. The number of para-hydroxylation sites is 2. The molecule has 0 bridgehead atoms. The Morgan fingerprint density at radius 2 is 2.00 bits per heavy atom. The predicted molar refractivity (Wildman–Crippen MR) is 76.8 cm³/mol. The maximum absolute atomic E-state index is 12.0. The summed E-state index contributed by atoms with van der Waals surface area (Å²) in [6.07, 6.45) is 0.893. The van der Waals surface area contributed by atoms with Crippen LogP contribution in [0.2, 0.25) is 0 Å². The van der Waals surface area contributed by atoms with Crippen LogP contribution in [0.25, 0.3) is 0 Å². The molecule has 0 aliphatic carbocycles. The zero-order valence-corrected chi connectivity index (χ0v) is 11.6. The van der Waals surface area contributed by atoms with Crippen LogP contribution in [-0.4, -0.2) is 26.0 Å². The summed E-state index contributed by atoms with van der Waals surface area (Å²) in [5.41, 5.74) is 7.69. The summed E-state index contributed by atoms with van der Waals surface area (Å²) in [4.78, 5) is 14.0. The molecular formula is C14H23N3O.